The summed E-state index contributed by atoms with van der Waals surface area (Å²) >= 11 is 0. The minimum Gasteiger partial charge on any atom is -0.497 e. The van der Waals surface area contributed by atoms with E-state index in [4.69, 9.17) is 9.73 Å². The van der Waals surface area contributed by atoms with Gasteiger partial charge < -0.3 is 15.0 Å². The number of likely N-dealkylation sites (tertiary alicyclic amines) is 1. The average molecular weight is 457 g/mol. The van der Waals surface area contributed by atoms with E-state index in [9.17, 15) is 0 Å². The molecule has 1 saturated heterocycles. The Morgan fingerprint density at radius 2 is 2.08 bits per heavy atom. The lowest BCUT2D eigenvalue weighted by Crippen LogP contribution is -2.41. The fraction of sp³-hybridized carbons (Fsp3) is 0.650. The first-order chi connectivity index (χ1) is 11.7. The van der Waals surface area contributed by atoms with Crippen molar-refractivity contribution >= 4 is 29.9 Å². The fourth-order valence-corrected chi connectivity index (χ4v) is 4.19. The zero-order valence-corrected chi connectivity index (χ0v) is 17.9. The van der Waals surface area contributed by atoms with E-state index in [0.29, 0.717) is 5.41 Å². The third kappa shape index (κ3) is 5.25. The van der Waals surface area contributed by atoms with Gasteiger partial charge in [0.25, 0.3) is 0 Å². The molecule has 1 saturated carbocycles. The Morgan fingerprint density at radius 1 is 1.28 bits per heavy atom. The second-order valence-corrected chi connectivity index (χ2v) is 7.22. The molecule has 1 aromatic rings. The van der Waals surface area contributed by atoms with Crippen LogP contribution in [0.5, 0.6) is 5.75 Å². The van der Waals surface area contributed by atoms with Gasteiger partial charge in [0, 0.05) is 26.2 Å². The molecule has 0 atom stereocenters. The fourth-order valence-electron chi connectivity index (χ4n) is 4.19. The Kier molecular flexibility index (Phi) is 7.84. The lowest BCUT2D eigenvalue weighted by molar-refractivity contribution is 0.309. The molecule has 2 aliphatic rings. The number of halogens is 1. The molecule has 2 fully saturated rings. The van der Waals surface area contributed by atoms with Crippen LogP contribution in [0.2, 0.25) is 0 Å². The summed E-state index contributed by atoms with van der Waals surface area (Å²) in [6.07, 6.45) is 7.94. The zero-order chi connectivity index (χ0) is 16.8. The van der Waals surface area contributed by atoms with Crippen LogP contribution in [-0.2, 0) is 6.42 Å². The van der Waals surface area contributed by atoms with Gasteiger partial charge in [0.05, 0.1) is 7.11 Å². The summed E-state index contributed by atoms with van der Waals surface area (Å²) in [7, 11) is 1.72. The normalized spacial score (nSPS) is 19.1. The van der Waals surface area contributed by atoms with E-state index >= 15 is 0 Å². The van der Waals surface area contributed by atoms with Crippen LogP contribution < -0.4 is 10.1 Å². The van der Waals surface area contributed by atoms with Crippen molar-refractivity contribution in [3.8, 4) is 5.75 Å². The molecule has 4 nitrogen and oxygen atoms in total. The van der Waals surface area contributed by atoms with Crippen molar-refractivity contribution in [2.24, 2.45) is 10.4 Å². The molecule has 1 aliphatic carbocycles. The molecule has 1 aromatic carbocycles. The maximum atomic E-state index is 5.30. The molecule has 1 N–H and O–H groups in total. The first-order valence-electron chi connectivity index (χ1n) is 9.41. The Labute approximate surface area is 169 Å². The summed E-state index contributed by atoms with van der Waals surface area (Å²) in [4.78, 5) is 7.38. The molecule has 3 rings (SSSR count). The van der Waals surface area contributed by atoms with Gasteiger partial charge in [0.1, 0.15) is 5.75 Å². The van der Waals surface area contributed by atoms with Crippen LogP contribution in [0.4, 0.5) is 0 Å². The minimum atomic E-state index is 0. The van der Waals surface area contributed by atoms with E-state index in [-0.39, 0.29) is 24.0 Å². The van der Waals surface area contributed by atoms with Gasteiger partial charge in [0.2, 0.25) is 0 Å². The highest BCUT2D eigenvalue weighted by Crippen LogP contribution is 2.45. The first-order valence-corrected chi connectivity index (χ1v) is 9.41. The summed E-state index contributed by atoms with van der Waals surface area (Å²) in [6, 6.07) is 8.29. The summed E-state index contributed by atoms with van der Waals surface area (Å²) in [5, 5.41) is 3.49. The van der Waals surface area contributed by atoms with Gasteiger partial charge in [0.15, 0.2) is 5.96 Å². The number of nitrogens with zero attached hydrogens (tertiary/aromatic N) is 2. The van der Waals surface area contributed by atoms with Gasteiger partial charge in [-0.1, -0.05) is 25.0 Å². The van der Waals surface area contributed by atoms with E-state index in [0.717, 1.165) is 37.8 Å². The van der Waals surface area contributed by atoms with E-state index in [1.54, 1.807) is 7.11 Å². The largest absolute Gasteiger partial charge is 0.497 e. The van der Waals surface area contributed by atoms with Crippen LogP contribution in [-0.4, -0.2) is 44.1 Å². The molecule has 1 aliphatic heterocycles. The molecule has 0 radical (unpaired) electrons. The minimum absolute atomic E-state index is 0. The molecule has 0 aromatic heterocycles. The molecule has 1 spiro atoms. The van der Waals surface area contributed by atoms with Crippen molar-refractivity contribution in [1.82, 2.24) is 10.2 Å². The molecule has 5 heteroatoms. The smallest absolute Gasteiger partial charge is 0.193 e. The summed E-state index contributed by atoms with van der Waals surface area (Å²) in [6.45, 7) is 6.25. The van der Waals surface area contributed by atoms with Crippen molar-refractivity contribution in [3.63, 3.8) is 0 Å². The first kappa shape index (κ1) is 20.3. The highest BCUT2D eigenvalue weighted by molar-refractivity contribution is 14.0. The average Bonchev–Trinajstić information content (AvgIpc) is 3.24. The third-order valence-electron chi connectivity index (χ3n) is 5.53. The summed E-state index contributed by atoms with van der Waals surface area (Å²) in [5.41, 5.74) is 1.87. The molecule has 0 bridgehead atoms. The topological polar surface area (TPSA) is 36.9 Å². The van der Waals surface area contributed by atoms with Crippen molar-refractivity contribution in [3.05, 3.63) is 29.8 Å². The maximum absolute atomic E-state index is 5.30. The van der Waals surface area contributed by atoms with Crippen molar-refractivity contribution < 1.29 is 4.74 Å². The second-order valence-electron chi connectivity index (χ2n) is 7.22. The molecule has 25 heavy (non-hydrogen) atoms. The van der Waals surface area contributed by atoms with Crippen LogP contribution >= 0.6 is 24.0 Å². The zero-order valence-electron chi connectivity index (χ0n) is 15.6. The highest BCUT2D eigenvalue weighted by atomic mass is 127. The number of ether oxygens (including phenoxy) is 1. The maximum Gasteiger partial charge on any atom is 0.193 e. The van der Waals surface area contributed by atoms with Gasteiger partial charge in [-0.3, -0.25) is 4.99 Å². The molecular weight excluding hydrogens is 425 g/mol. The Hall–Kier alpha value is -0.980. The molecule has 1 heterocycles. The SMILES string of the molecule is CCNC(=NCCc1cccc(OC)c1)N1CCC2(CCCC2)C1.I. The summed E-state index contributed by atoms with van der Waals surface area (Å²) in [5.74, 6) is 2.02. The predicted molar refractivity (Wildman–Crippen MR) is 115 cm³/mol. The van der Waals surface area contributed by atoms with Crippen LogP contribution in [0.3, 0.4) is 0 Å². The highest BCUT2D eigenvalue weighted by Gasteiger charge is 2.41. The van der Waals surface area contributed by atoms with E-state index in [1.807, 2.05) is 12.1 Å². The number of benzene rings is 1. The second kappa shape index (κ2) is 9.64. The van der Waals surface area contributed by atoms with Crippen LogP contribution in [0.1, 0.15) is 44.6 Å². The van der Waals surface area contributed by atoms with E-state index < -0.39 is 0 Å². The lowest BCUT2D eigenvalue weighted by Gasteiger charge is -2.26. The quantitative estimate of drug-likeness (QED) is 0.411. The van der Waals surface area contributed by atoms with Gasteiger partial charge in [-0.25, -0.2) is 0 Å². The Morgan fingerprint density at radius 3 is 2.80 bits per heavy atom. The molecular formula is C20H32IN3O. The van der Waals surface area contributed by atoms with Crippen LogP contribution in [0, 0.1) is 5.41 Å². The van der Waals surface area contributed by atoms with Gasteiger partial charge in [-0.2, -0.15) is 0 Å². The number of nitrogens with one attached hydrogen (secondary N) is 1. The summed E-state index contributed by atoms with van der Waals surface area (Å²) < 4.78 is 5.30. The van der Waals surface area contributed by atoms with Gasteiger partial charge in [-0.15, -0.1) is 24.0 Å². The predicted octanol–water partition coefficient (Wildman–Crippen LogP) is 4.09. The molecule has 0 unspecified atom stereocenters. The van der Waals surface area contributed by atoms with Crippen LogP contribution in [0.25, 0.3) is 0 Å². The van der Waals surface area contributed by atoms with Crippen molar-refractivity contribution in [2.75, 3.05) is 33.3 Å². The third-order valence-corrected chi connectivity index (χ3v) is 5.53. The van der Waals surface area contributed by atoms with Gasteiger partial charge >= 0.3 is 0 Å². The Balaban J connectivity index is 0.00000225. The Bertz CT molecular complexity index is 570. The number of hydrogen-bond donors (Lipinski definition) is 1. The van der Waals surface area contributed by atoms with E-state index in [2.05, 4.69) is 29.3 Å². The molecule has 140 valence electrons. The van der Waals surface area contributed by atoms with Crippen LogP contribution in [0.15, 0.2) is 29.3 Å². The van der Waals surface area contributed by atoms with E-state index in [1.165, 1.54) is 44.2 Å². The number of rotatable bonds is 5. The number of guanidine groups is 1. The van der Waals surface area contributed by atoms with Crippen molar-refractivity contribution in [2.45, 2.75) is 45.4 Å². The van der Waals surface area contributed by atoms with Gasteiger partial charge in [-0.05, 0) is 55.7 Å². The number of aliphatic imine (C=N–C) groups is 1. The monoisotopic (exact) mass is 457 g/mol. The standard InChI is InChI=1S/C20H31N3O.HI/c1-3-21-19(23-14-12-20(16-23)10-4-5-11-20)22-13-9-17-7-6-8-18(15-17)24-2;/h6-8,15H,3-5,9-14,16H2,1-2H3,(H,21,22);1H. The number of methoxy groups -OCH3 is 1. The van der Waals surface area contributed by atoms with Crippen molar-refractivity contribution in [1.29, 1.82) is 0 Å². The molecule has 0 amide bonds. The lowest BCUT2D eigenvalue weighted by atomic mass is 9.86. The number of hydrogen-bond acceptors (Lipinski definition) is 2.